The summed E-state index contributed by atoms with van der Waals surface area (Å²) in [6.07, 6.45) is 0. The van der Waals surface area contributed by atoms with E-state index in [1.165, 1.54) is 5.39 Å². The van der Waals surface area contributed by atoms with Gasteiger partial charge < -0.3 is 5.11 Å². The lowest BCUT2D eigenvalue weighted by molar-refractivity contribution is 0.481. The van der Waals surface area contributed by atoms with Crippen LogP contribution in [0.5, 0.6) is 5.75 Å². The Balaban J connectivity index is 2.05. The molecule has 0 amide bonds. The molecule has 4 aromatic carbocycles. The fourth-order valence-corrected chi connectivity index (χ4v) is 4.13. The zero-order valence-corrected chi connectivity index (χ0v) is 15.4. The van der Waals surface area contributed by atoms with E-state index in [1.807, 2.05) is 42.5 Å². The number of benzene rings is 4. The van der Waals surface area contributed by atoms with Crippen LogP contribution in [0, 0.1) is 0 Å². The number of hydrogen-bond donors (Lipinski definition) is 1. The molecule has 5 aromatic rings. The third-order valence-electron chi connectivity index (χ3n) is 4.82. The first-order chi connectivity index (χ1) is 12.7. The van der Waals surface area contributed by atoms with Crippen LogP contribution in [-0.4, -0.2) is 10.1 Å². The van der Waals surface area contributed by atoms with Crippen molar-refractivity contribution in [3.05, 3.63) is 83.3 Å². The van der Waals surface area contributed by atoms with Crippen LogP contribution in [0.25, 0.3) is 43.7 Å². The highest BCUT2D eigenvalue weighted by Crippen LogP contribution is 2.41. The van der Waals surface area contributed by atoms with Crippen LogP contribution in [0.3, 0.4) is 0 Å². The van der Waals surface area contributed by atoms with Gasteiger partial charge in [0.15, 0.2) is 0 Å². The summed E-state index contributed by atoms with van der Waals surface area (Å²) in [6, 6.07) is 26.1. The van der Waals surface area contributed by atoms with E-state index in [0.29, 0.717) is 0 Å². The van der Waals surface area contributed by atoms with Gasteiger partial charge in [-0.3, -0.25) is 0 Å². The summed E-state index contributed by atoms with van der Waals surface area (Å²) in [6.45, 7) is 0. The van der Waals surface area contributed by atoms with E-state index < -0.39 is 0 Å². The van der Waals surface area contributed by atoms with Crippen molar-refractivity contribution in [2.75, 3.05) is 0 Å². The molecule has 0 saturated carbocycles. The van der Waals surface area contributed by atoms with E-state index in [0.717, 1.165) is 42.8 Å². The molecule has 0 aliphatic heterocycles. The summed E-state index contributed by atoms with van der Waals surface area (Å²) < 4.78 is 0.956. The second-order valence-corrected chi connectivity index (χ2v) is 7.18. The molecule has 0 unspecified atom stereocenters. The Morgan fingerprint density at radius 2 is 1.46 bits per heavy atom. The molecule has 1 aromatic heterocycles. The highest BCUT2D eigenvalue weighted by atomic mass is 79.9. The Bertz CT molecular complexity index is 1310. The normalized spacial score (nSPS) is 11.4. The number of fused-ring (bicyclic) bond motifs is 5. The number of halogens is 1. The number of aromatic nitrogens is 1. The monoisotopic (exact) mass is 399 g/mol. The summed E-state index contributed by atoms with van der Waals surface area (Å²) in [7, 11) is 0. The average Bonchev–Trinajstić information content (AvgIpc) is 2.67. The lowest BCUT2D eigenvalue weighted by Gasteiger charge is -2.14. The Morgan fingerprint density at radius 3 is 2.35 bits per heavy atom. The first kappa shape index (κ1) is 15.4. The first-order valence-electron chi connectivity index (χ1n) is 8.42. The fourth-order valence-electron chi connectivity index (χ4n) is 3.66. The number of hydrogen-bond acceptors (Lipinski definition) is 2. The molecule has 124 valence electrons. The molecule has 3 heteroatoms. The van der Waals surface area contributed by atoms with E-state index >= 15 is 0 Å². The third kappa shape index (κ3) is 2.21. The lowest BCUT2D eigenvalue weighted by Crippen LogP contribution is -1.92. The maximum Gasteiger partial charge on any atom is 0.125 e. The van der Waals surface area contributed by atoms with E-state index in [-0.39, 0.29) is 5.75 Å². The predicted molar refractivity (Wildman–Crippen MR) is 112 cm³/mol. The molecule has 5 rings (SSSR count). The maximum atomic E-state index is 10.7. The summed E-state index contributed by atoms with van der Waals surface area (Å²) in [5.41, 5.74) is 2.68. The van der Waals surface area contributed by atoms with Gasteiger partial charge in [-0.2, -0.15) is 0 Å². The molecule has 0 spiro atoms. The largest absolute Gasteiger partial charge is 0.507 e. The second kappa shape index (κ2) is 5.82. The topological polar surface area (TPSA) is 33.1 Å². The summed E-state index contributed by atoms with van der Waals surface area (Å²) in [5, 5.41) is 15.9. The molecule has 0 aliphatic carbocycles. The molecule has 0 bridgehead atoms. The molecule has 0 fully saturated rings. The van der Waals surface area contributed by atoms with Gasteiger partial charge in [-0.05, 0) is 34.4 Å². The van der Waals surface area contributed by atoms with Gasteiger partial charge in [-0.25, -0.2) is 4.98 Å². The van der Waals surface area contributed by atoms with Gasteiger partial charge in [0.25, 0.3) is 0 Å². The molecule has 26 heavy (non-hydrogen) atoms. The van der Waals surface area contributed by atoms with E-state index in [4.69, 9.17) is 4.98 Å². The van der Waals surface area contributed by atoms with Gasteiger partial charge in [-0.1, -0.05) is 76.6 Å². The van der Waals surface area contributed by atoms with Gasteiger partial charge in [0.2, 0.25) is 0 Å². The zero-order valence-electron chi connectivity index (χ0n) is 13.8. The number of nitrogens with zero attached hydrogens (tertiary/aromatic N) is 1. The molecule has 1 N–H and O–H groups in total. The smallest absolute Gasteiger partial charge is 0.125 e. The Hall–Kier alpha value is -2.91. The minimum atomic E-state index is 0.246. The summed E-state index contributed by atoms with van der Waals surface area (Å²) in [5.74, 6) is 0.246. The van der Waals surface area contributed by atoms with Crippen LogP contribution in [0.4, 0.5) is 0 Å². The van der Waals surface area contributed by atoms with Crippen molar-refractivity contribution < 1.29 is 5.11 Å². The summed E-state index contributed by atoms with van der Waals surface area (Å²) >= 11 is 3.63. The Kier molecular flexibility index (Phi) is 3.44. The third-order valence-corrected chi connectivity index (χ3v) is 5.51. The van der Waals surface area contributed by atoms with Gasteiger partial charge in [-0.15, -0.1) is 0 Å². The molecule has 0 aliphatic rings. The number of aromatic hydroxyl groups is 1. The van der Waals surface area contributed by atoms with Gasteiger partial charge >= 0.3 is 0 Å². The second-order valence-electron chi connectivity index (χ2n) is 6.32. The van der Waals surface area contributed by atoms with Crippen LogP contribution < -0.4 is 0 Å². The lowest BCUT2D eigenvalue weighted by atomic mass is 9.96. The number of phenolic OH excluding ortho intramolecular Hbond substituents is 1. The van der Waals surface area contributed by atoms with Gasteiger partial charge in [0, 0.05) is 15.4 Å². The Labute approximate surface area is 158 Å². The zero-order chi connectivity index (χ0) is 17.7. The van der Waals surface area contributed by atoms with Crippen LogP contribution in [-0.2, 0) is 0 Å². The Morgan fingerprint density at radius 1 is 0.692 bits per heavy atom. The molecule has 0 saturated heterocycles. The van der Waals surface area contributed by atoms with Crippen molar-refractivity contribution in [1.29, 1.82) is 0 Å². The average molecular weight is 400 g/mol. The molecule has 2 nitrogen and oxygen atoms in total. The summed E-state index contributed by atoms with van der Waals surface area (Å²) in [4.78, 5) is 4.96. The SMILES string of the molecule is Oc1cccc2c1c(-c1ccccc1Br)nc1ccc3ccccc3c12. The molecule has 1 heterocycles. The quantitative estimate of drug-likeness (QED) is 0.319. The van der Waals surface area contributed by atoms with Crippen LogP contribution in [0.2, 0.25) is 0 Å². The fraction of sp³-hybridized carbons (Fsp3) is 0. The molecule has 0 radical (unpaired) electrons. The standard InChI is InChI=1S/C23H14BrNO/c24-18-10-4-3-8-16(18)23-22-17(9-5-11-20(22)26)21-15-7-2-1-6-14(15)12-13-19(21)25-23/h1-13,26H. The van der Waals surface area contributed by atoms with Crippen LogP contribution >= 0.6 is 15.9 Å². The van der Waals surface area contributed by atoms with Crippen LogP contribution in [0.15, 0.2) is 83.3 Å². The van der Waals surface area contributed by atoms with Gasteiger partial charge in [0.05, 0.1) is 16.6 Å². The predicted octanol–water partition coefficient (Wildman–Crippen LogP) is 6.68. The van der Waals surface area contributed by atoms with Crippen molar-refractivity contribution in [3.63, 3.8) is 0 Å². The maximum absolute atomic E-state index is 10.7. The minimum absolute atomic E-state index is 0.246. The van der Waals surface area contributed by atoms with Crippen molar-refractivity contribution in [1.82, 2.24) is 4.98 Å². The van der Waals surface area contributed by atoms with Crippen molar-refractivity contribution in [2.24, 2.45) is 0 Å². The first-order valence-corrected chi connectivity index (χ1v) is 9.21. The number of pyridine rings is 1. The minimum Gasteiger partial charge on any atom is -0.507 e. The van der Waals surface area contributed by atoms with Crippen molar-refractivity contribution >= 4 is 48.4 Å². The molecular weight excluding hydrogens is 386 g/mol. The highest BCUT2D eigenvalue weighted by Gasteiger charge is 2.16. The van der Waals surface area contributed by atoms with E-state index in [1.54, 1.807) is 6.07 Å². The molecular formula is C23H14BrNO. The van der Waals surface area contributed by atoms with Crippen molar-refractivity contribution in [3.8, 4) is 17.0 Å². The van der Waals surface area contributed by atoms with E-state index in [2.05, 4.69) is 46.3 Å². The highest BCUT2D eigenvalue weighted by molar-refractivity contribution is 9.10. The number of rotatable bonds is 1. The molecule has 0 atom stereocenters. The van der Waals surface area contributed by atoms with Crippen LogP contribution in [0.1, 0.15) is 0 Å². The van der Waals surface area contributed by atoms with Crippen molar-refractivity contribution in [2.45, 2.75) is 0 Å². The van der Waals surface area contributed by atoms with E-state index in [9.17, 15) is 5.11 Å². The van der Waals surface area contributed by atoms with Gasteiger partial charge in [0.1, 0.15) is 5.75 Å². The number of phenols is 1.